The number of fused-ring (bicyclic) bond motifs is 2. The first-order valence-electron chi connectivity index (χ1n) is 6.16. The van der Waals surface area contributed by atoms with E-state index < -0.39 is 0 Å². The predicted octanol–water partition coefficient (Wildman–Crippen LogP) is 3.71. The number of rotatable bonds is 2. The minimum absolute atomic E-state index is 0.801. The van der Waals surface area contributed by atoms with Crippen molar-refractivity contribution in [2.75, 3.05) is 14.2 Å². The summed E-state index contributed by atoms with van der Waals surface area (Å²) < 4.78 is 11.2. The smallest absolute Gasteiger partial charge is 0.153 e. The number of pyridine rings is 1. The van der Waals surface area contributed by atoms with E-state index in [1.807, 2.05) is 30.3 Å². The minimum atomic E-state index is 0.801. The van der Waals surface area contributed by atoms with Gasteiger partial charge < -0.3 is 9.47 Å². The lowest BCUT2D eigenvalue weighted by Crippen LogP contribution is -1.95. The highest BCUT2D eigenvalue weighted by Gasteiger charge is 2.16. The molecule has 96 valence electrons. The van der Waals surface area contributed by atoms with Crippen molar-refractivity contribution in [1.82, 2.24) is 4.98 Å². The zero-order chi connectivity index (χ0) is 13.4. The molecule has 3 nitrogen and oxygen atoms in total. The molecule has 0 bridgehead atoms. The van der Waals surface area contributed by atoms with Crippen molar-refractivity contribution in [3.63, 3.8) is 0 Å². The highest BCUT2D eigenvalue weighted by Crippen LogP contribution is 2.42. The SMILES string of the molecule is COc1c2ccccc2c(OC)c2c(C)ccnc12. The number of hydrogen-bond donors (Lipinski definition) is 0. The van der Waals surface area contributed by atoms with Gasteiger partial charge in [0.25, 0.3) is 0 Å². The van der Waals surface area contributed by atoms with Crippen molar-refractivity contribution in [3.05, 3.63) is 42.1 Å². The van der Waals surface area contributed by atoms with Crippen LogP contribution < -0.4 is 9.47 Å². The normalized spacial score (nSPS) is 10.9. The first-order valence-corrected chi connectivity index (χ1v) is 6.16. The van der Waals surface area contributed by atoms with Crippen molar-refractivity contribution in [1.29, 1.82) is 0 Å². The molecule has 19 heavy (non-hydrogen) atoms. The van der Waals surface area contributed by atoms with Gasteiger partial charge in [-0.25, -0.2) is 0 Å². The highest BCUT2D eigenvalue weighted by molar-refractivity contribution is 6.10. The molecule has 0 fully saturated rings. The topological polar surface area (TPSA) is 31.4 Å². The fraction of sp³-hybridized carbons (Fsp3) is 0.188. The maximum Gasteiger partial charge on any atom is 0.153 e. The molecule has 0 aliphatic rings. The second kappa shape index (κ2) is 4.43. The third-order valence-electron chi connectivity index (χ3n) is 3.43. The number of nitrogens with zero attached hydrogens (tertiary/aromatic N) is 1. The molecule has 0 aliphatic heterocycles. The van der Waals surface area contributed by atoms with E-state index in [0.717, 1.165) is 38.7 Å². The molecule has 0 aliphatic carbocycles. The van der Waals surface area contributed by atoms with Crippen LogP contribution in [-0.2, 0) is 0 Å². The van der Waals surface area contributed by atoms with Gasteiger partial charge in [0.2, 0.25) is 0 Å². The Hall–Kier alpha value is -2.29. The Labute approximate surface area is 111 Å². The van der Waals surface area contributed by atoms with Gasteiger partial charge in [0.05, 0.1) is 14.2 Å². The molecule has 0 saturated heterocycles. The molecule has 0 amide bonds. The molecule has 0 radical (unpaired) electrons. The number of ether oxygens (including phenoxy) is 2. The summed E-state index contributed by atoms with van der Waals surface area (Å²) in [7, 11) is 3.37. The quantitative estimate of drug-likeness (QED) is 0.652. The third kappa shape index (κ3) is 1.62. The number of aryl methyl sites for hydroxylation is 1. The fourth-order valence-corrected chi connectivity index (χ4v) is 2.58. The van der Waals surface area contributed by atoms with E-state index in [4.69, 9.17) is 9.47 Å². The molecule has 1 heterocycles. The van der Waals surface area contributed by atoms with Crippen molar-refractivity contribution >= 4 is 21.7 Å². The highest BCUT2D eigenvalue weighted by atomic mass is 16.5. The zero-order valence-corrected chi connectivity index (χ0v) is 11.2. The molecule has 0 unspecified atom stereocenters. The summed E-state index contributed by atoms with van der Waals surface area (Å²) in [6.07, 6.45) is 1.80. The Morgan fingerprint density at radius 2 is 1.53 bits per heavy atom. The van der Waals surface area contributed by atoms with Crippen molar-refractivity contribution < 1.29 is 9.47 Å². The summed E-state index contributed by atoms with van der Waals surface area (Å²) in [4.78, 5) is 4.47. The van der Waals surface area contributed by atoms with E-state index >= 15 is 0 Å². The van der Waals surface area contributed by atoms with Crippen LogP contribution in [0.4, 0.5) is 0 Å². The van der Waals surface area contributed by atoms with E-state index in [1.165, 1.54) is 0 Å². The average molecular weight is 253 g/mol. The van der Waals surface area contributed by atoms with Crippen LogP contribution in [0.5, 0.6) is 11.5 Å². The van der Waals surface area contributed by atoms with E-state index in [1.54, 1.807) is 20.4 Å². The van der Waals surface area contributed by atoms with Crippen LogP contribution >= 0.6 is 0 Å². The average Bonchev–Trinajstić information content (AvgIpc) is 2.45. The molecule has 3 aromatic rings. The lowest BCUT2D eigenvalue weighted by atomic mass is 10.0. The summed E-state index contributed by atoms with van der Waals surface area (Å²) in [5.41, 5.74) is 1.98. The van der Waals surface area contributed by atoms with Crippen molar-refractivity contribution in [3.8, 4) is 11.5 Å². The number of methoxy groups -OCH3 is 2. The standard InChI is InChI=1S/C16H15NO2/c1-10-8-9-17-14-13(10)15(18-2)11-6-4-5-7-12(11)16(14)19-3/h4-9H,1-3H3. The van der Waals surface area contributed by atoms with Gasteiger partial charge in [-0.05, 0) is 18.6 Å². The van der Waals surface area contributed by atoms with Crippen LogP contribution in [0.15, 0.2) is 36.5 Å². The van der Waals surface area contributed by atoms with Gasteiger partial charge >= 0.3 is 0 Å². The zero-order valence-electron chi connectivity index (χ0n) is 11.2. The Morgan fingerprint density at radius 1 is 0.895 bits per heavy atom. The summed E-state index contributed by atoms with van der Waals surface area (Å²) >= 11 is 0. The van der Waals surface area contributed by atoms with Crippen LogP contribution in [0.25, 0.3) is 21.7 Å². The van der Waals surface area contributed by atoms with Crippen molar-refractivity contribution in [2.24, 2.45) is 0 Å². The molecule has 1 aromatic heterocycles. The fourth-order valence-electron chi connectivity index (χ4n) is 2.58. The second-order valence-corrected chi connectivity index (χ2v) is 4.46. The Kier molecular flexibility index (Phi) is 2.75. The largest absolute Gasteiger partial charge is 0.495 e. The van der Waals surface area contributed by atoms with Crippen LogP contribution in [0.2, 0.25) is 0 Å². The molecular weight excluding hydrogens is 238 g/mol. The van der Waals surface area contributed by atoms with E-state index in [0.29, 0.717) is 0 Å². The van der Waals surface area contributed by atoms with Crippen LogP contribution in [-0.4, -0.2) is 19.2 Å². The maximum atomic E-state index is 5.63. The van der Waals surface area contributed by atoms with Crippen molar-refractivity contribution in [2.45, 2.75) is 6.92 Å². The molecule has 0 N–H and O–H groups in total. The minimum Gasteiger partial charge on any atom is -0.495 e. The van der Waals surface area contributed by atoms with Gasteiger partial charge in [0, 0.05) is 22.4 Å². The number of benzene rings is 2. The maximum absolute atomic E-state index is 5.63. The van der Waals surface area contributed by atoms with Gasteiger partial charge in [-0.2, -0.15) is 0 Å². The first-order chi connectivity index (χ1) is 9.27. The number of aromatic nitrogens is 1. The number of hydrogen-bond acceptors (Lipinski definition) is 3. The molecule has 3 rings (SSSR count). The first kappa shape index (κ1) is 11.8. The summed E-state index contributed by atoms with van der Waals surface area (Å²) in [5.74, 6) is 1.66. The third-order valence-corrected chi connectivity index (χ3v) is 3.43. The molecule has 0 spiro atoms. The predicted molar refractivity (Wildman–Crippen MR) is 77.1 cm³/mol. The Balaban J connectivity index is 2.65. The van der Waals surface area contributed by atoms with Gasteiger partial charge in [0.15, 0.2) is 5.75 Å². The lowest BCUT2D eigenvalue weighted by Gasteiger charge is -2.15. The molecule has 2 aromatic carbocycles. The molecule has 0 saturated carbocycles. The van der Waals surface area contributed by atoms with Gasteiger partial charge in [-0.1, -0.05) is 24.3 Å². The molecular formula is C16H15NO2. The van der Waals surface area contributed by atoms with Gasteiger partial charge in [-0.15, -0.1) is 0 Å². The lowest BCUT2D eigenvalue weighted by molar-refractivity contribution is 0.417. The summed E-state index contributed by atoms with van der Waals surface area (Å²) in [6, 6.07) is 10.1. The van der Waals surface area contributed by atoms with Gasteiger partial charge in [0.1, 0.15) is 11.3 Å². The van der Waals surface area contributed by atoms with E-state index in [-0.39, 0.29) is 0 Å². The van der Waals surface area contributed by atoms with Crippen LogP contribution in [0, 0.1) is 6.92 Å². The van der Waals surface area contributed by atoms with Crippen LogP contribution in [0.3, 0.4) is 0 Å². The summed E-state index contributed by atoms with van der Waals surface area (Å²) in [6.45, 7) is 2.06. The monoisotopic (exact) mass is 253 g/mol. The molecule has 3 heteroatoms. The van der Waals surface area contributed by atoms with E-state index in [2.05, 4.69) is 11.9 Å². The van der Waals surface area contributed by atoms with Gasteiger partial charge in [-0.3, -0.25) is 4.98 Å². The Morgan fingerprint density at radius 3 is 2.16 bits per heavy atom. The molecule has 0 atom stereocenters. The Bertz CT molecular complexity index is 765. The second-order valence-electron chi connectivity index (χ2n) is 4.46. The summed E-state index contributed by atoms with van der Waals surface area (Å²) in [5, 5.41) is 3.08. The van der Waals surface area contributed by atoms with Crippen LogP contribution in [0.1, 0.15) is 5.56 Å². The van der Waals surface area contributed by atoms with E-state index in [9.17, 15) is 0 Å².